The second-order valence-corrected chi connectivity index (χ2v) is 6.28. The highest BCUT2D eigenvalue weighted by atomic mass is 16.2. The number of nitrogens with two attached hydrogens (primary N) is 1. The van der Waals surface area contributed by atoms with Crippen LogP contribution >= 0.6 is 0 Å². The van der Waals surface area contributed by atoms with Crippen molar-refractivity contribution in [1.29, 1.82) is 0 Å². The van der Waals surface area contributed by atoms with E-state index in [0.717, 1.165) is 44.7 Å². The summed E-state index contributed by atoms with van der Waals surface area (Å²) in [6.07, 6.45) is 8.37. The number of carbonyl (C=O) groups is 1. The van der Waals surface area contributed by atoms with Gasteiger partial charge in [-0.2, -0.15) is 0 Å². The van der Waals surface area contributed by atoms with Gasteiger partial charge >= 0.3 is 0 Å². The highest BCUT2D eigenvalue weighted by Crippen LogP contribution is 2.39. The van der Waals surface area contributed by atoms with Crippen molar-refractivity contribution < 1.29 is 4.79 Å². The molecule has 1 heterocycles. The topological polar surface area (TPSA) is 46.3 Å². The lowest BCUT2D eigenvalue weighted by Crippen LogP contribution is -2.42. The number of rotatable bonds is 2. The Morgan fingerprint density at radius 1 is 1.12 bits per heavy atom. The second kappa shape index (κ2) is 4.60. The van der Waals surface area contributed by atoms with Crippen LogP contribution in [0.3, 0.4) is 0 Å². The number of carbonyl (C=O) groups excluding carboxylic acids is 1. The van der Waals surface area contributed by atoms with Crippen LogP contribution in [0.5, 0.6) is 0 Å². The first-order valence-electron chi connectivity index (χ1n) is 7.28. The second-order valence-electron chi connectivity index (χ2n) is 6.28. The molecule has 0 aromatic rings. The largest absolute Gasteiger partial charge is 0.339 e. The van der Waals surface area contributed by atoms with E-state index < -0.39 is 0 Å². The summed E-state index contributed by atoms with van der Waals surface area (Å²) in [4.78, 5) is 14.7. The lowest BCUT2D eigenvalue weighted by atomic mass is 9.81. The zero-order valence-electron chi connectivity index (χ0n) is 10.6. The highest BCUT2D eigenvalue weighted by Gasteiger charge is 2.42. The van der Waals surface area contributed by atoms with Gasteiger partial charge in [-0.3, -0.25) is 4.79 Å². The van der Waals surface area contributed by atoms with Crippen molar-refractivity contribution in [2.45, 2.75) is 51.0 Å². The maximum atomic E-state index is 12.5. The van der Waals surface area contributed by atoms with Crippen molar-refractivity contribution in [3.8, 4) is 0 Å². The first-order chi connectivity index (χ1) is 8.28. The van der Waals surface area contributed by atoms with Crippen molar-refractivity contribution in [3.63, 3.8) is 0 Å². The van der Waals surface area contributed by atoms with E-state index in [1.807, 2.05) is 0 Å². The van der Waals surface area contributed by atoms with Crippen LogP contribution in [0.25, 0.3) is 0 Å². The molecule has 0 spiro atoms. The first kappa shape index (κ1) is 11.5. The molecule has 2 unspecified atom stereocenters. The first-order valence-corrected chi connectivity index (χ1v) is 7.28. The van der Waals surface area contributed by atoms with Gasteiger partial charge in [-0.25, -0.2) is 0 Å². The number of hydrogen-bond acceptors (Lipinski definition) is 2. The third-order valence-electron chi connectivity index (χ3n) is 5.22. The predicted molar refractivity (Wildman–Crippen MR) is 67.3 cm³/mol. The molecule has 2 atom stereocenters. The number of fused-ring (bicyclic) bond motifs is 2. The van der Waals surface area contributed by atoms with E-state index in [4.69, 9.17) is 5.73 Å². The Morgan fingerprint density at radius 3 is 2.41 bits per heavy atom. The summed E-state index contributed by atoms with van der Waals surface area (Å²) in [5.41, 5.74) is 5.70. The van der Waals surface area contributed by atoms with Crippen LogP contribution in [-0.4, -0.2) is 29.9 Å². The fraction of sp³-hybridized carbons (Fsp3) is 0.929. The van der Waals surface area contributed by atoms with Gasteiger partial charge in [0.2, 0.25) is 5.91 Å². The molecular weight excluding hydrogens is 212 g/mol. The zero-order chi connectivity index (χ0) is 11.8. The van der Waals surface area contributed by atoms with Gasteiger partial charge in [0, 0.05) is 18.5 Å². The number of nitrogens with zero attached hydrogens (tertiary/aromatic N) is 1. The summed E-state index contributed by atoms with van der Waals surface area (Å²) < 4.78 is 0. The van der Waals surface area contributed by atoms with Gasteiger partial charge in [0.05, 0.1) is 0 Å². The molecule has 3 heteroatoms. The minimum Gasteiger partial charge on any atom is -0.339 e. The molecule has 96 valence electrons. The van der Waals surface area contributed by atoms with E-state index in [0.29, 0.717) is 23.8 Å². The van der Waals surface area contributed by atoms with Gasteiger partial charge in [-0.15, -0.1) is 0 Å². The molecule has 3 rings (SSSR count). The smallest absolute Gasteiger partial charge is 0.225 e. The molecular formula is C14H24N2O. The predicted octanol–water partition coefficient (Wildman–Crippen LogP) is 1.76. The molecule has 3 aliphatic rings. The molecule has 1 saturated heterocycles. The van der Waals surface area contributed by atoms with Gasteiger partial charge in [-0.05, 0) is 63.3 Å². The standard InChI is InChI=1S/C14H24N2O/c15-8-10-1-4-12(5-2-10)14(17)16-9-11-3-6-13(16)7-11/h10-13H,1-9,15H2. The molecule has 2 saturated carbocycles. The Kier molecular flexibility index (Phi) is 3.12. The number of amides is 1. The van der Waals surface area contributed by atoms with E-state index in [9.17, 15) is 4.79 Å². The number of piperidine rings is 1. The molecule has 0 aromatic heterocycles. The molecule has 0 radical (unpaired) electrons. The summed E-state index contributed by atoms with van der Waals surface area (Å²) in [7, 11) is 0. The third kappa shape index (κ3) is 2.10. The lowest BCUT2D eigenvalue weighted by molar-refractivity contribution is -0.138. The number of likely N-dealkylation sites (tertiary alicyclic amines) is 1. The molecule has 2 N–H and O–H groups in total. The van der Waals surface area contributed by atoms with E-state index in [1.165, 1.54) is 19.3 Å². The van der Waals surface area contributed by atoms with Crippen LogP contribution in [-0.2, 0) is 4.79 Å². The number of hydrogen-bond donors (Lipinski definition) is 1. The zero-order valence-corrected chi connectivity index (χ0v) is 10.6. The van der Waals surface area contributed by atoms with Crippen LogP contribution in [0.15, 0.2) is 0 Å². The minimum absolute atomic E-state index is 0.317. The summed E-state index contributed by atoms with van der Waals surface area (Å²) in [6, 6.07) is 0.597. The summed E-state index contributed by atoms with van der Waals surface area (Å²) in [5, 5.41) is 0. The van der Waals surface area contributed by atoms with Crippen molar-refractivity contribution in [2.24, 2.45) is 23.5 Å². The monoisotopic (exact) mass is 236 g/mol. The molecule has 3 nitrogen and oxygen atoms in total. The van der Waals surface area contributed by atoms with Gasteiger partial charge in [-0.1, -0.05) is 0 Å². The Hall–Kier alpha value is -0.570. The quantitative estimate of drug-likeness (QED) is 0.794. The van der Waals surface area contributed by atoms with Crippen molar-refractivity contribution in [1.82, 2.24) is 4.90 Å². The fourth-order valence-electron chi connectivity index (χ4n) is 4.07. The van der Waals surface area contributed by atoms with Crippen molar-refractivity contribution >= 4 is 5.91 Å². The molecule has 2 bridgehead atoms. The highest BCUT2D eigenvalue weighted by molar-refractivity contribution is 5.79. The average Bonchev–Trinajstić information content (AvgIpc) is 3.00. The molecule has 1 aliphatic heterocycles. The Morgan fingerprint density at radius 2 is 1.88 bits per heavy atom. The van der Waals surface area contributed by atoms with E-state index in [-0.39, 0.29) is 0 Å². The van der Waals surface area contributed by atoms with E-state index in [1.54, 1.807) is 0 Å². The minimum atomic E-state index is 0.317. The average molecular weight is 236 g/mol. The Bertz CT molecular complexity index is 297. The Balaban J connectivity index is 1.56. The normalized spacial score (nSPS) is 40.9. The Labute approximate surface area is 104 Å². The van der Waals surface area contributed by atoms with Gasteiger partial charge in [0.25, 0.3) is 0 Å². The molecule has 2 aliphatic carbocycles. The van der Waals surface area contributed by atoms with Crippen LogP contribution < -0.4 is 5.73 Å². The van der Waals surface area contributed by atoms with E-state index in [2.05, 4.69) is 4.90 Å². The van der Waals surface area contributed by atoms with Crippen molar-refractivity contribution in [2.75, 3.05) is 13.1 Å². The van der Waals surface area contributed by atoms with Crippen LogP contribution in [0.2, 0.25) is 0 Å². The summed E-state index contributed by atoms with van der Waals surface area (Å²) >= 11 is 0. The third-order valence-corrected chi connectivity index (χ3v) is 5.22. The summed E-state index contributed by atoms with van der Waals surface area (Å²) in [5.74, 6) is 2.28. The maximum absolute atomic E-state index is 12.5. The fourth-order valence-corrected chi connectivity index (χ4v) is 4.07. The molecule has 1 amide bonds. The maximum Gasteiger partial charge on any atom is 0.225 e. The summed E-state index contributed by atoms with van der Waals surface area (Å²) in [6.45, 7) is 1.86. The van der Waals surface area contributed by atoms with Gasteiger partial charge < -0.3 is 10.6 Å². The van der Waals surface area contributed by atoms with Crippen LogP contribution in [0.1, 0.15) is 44.9 Å². The van der Waals surface area contributed by atoms with Crippen LogP contribution in [0, 0.1) is 17.8 Å². The molecule has 3 fully saturated rings. The molecule has 17 heavy (non-hydrogen) atoms. The SMILES string of the molecule is NCC1CCC(C(=O)N2CC3CCC2C3)CC1. The van der Waals surface area contributed by atoms with Crippen molar-refractivity contribution in [3.05, 3.63) is 0 Å². The lowest BCUT2D eigenvalue weighted by Gasteiger charge is -2.34. The van der Waals surface area contributed by atoms with Gasteiger partial charge in [0.1, 0.15) is 0 Å². The van der Waals surface area contributed by atoms with Gasteiger partial charge in [0.15, 0.2) is 0 Å². The van der Waals surface area contributed by atoms with Crippen LogP contribution in [0.4, 0.5) is 0 Å². The van der Waals surface area contributed by atoms with E-state index >= 15 is 0 Å². The molecule has 0 aromatic carbocycles.